The van der Waals surface area contributed by atoms with Crippen LogP contribution >= 0.6 is 11.6 Å². The number of aromatic nitrogens is 2. The van der Waals surface area contributed by atoms with E-state index in [9.17, 15) is 5.11 Å². The molecule has 1 N–H and O–H groups in total. The summed E-state index contributed by atoms with van der Waals surface area (Å²) in [7, 11) is 0. The minimum atomic E-state index is -0.275. The van der Waals surface area contributed by atoms with Gasteiger partial charge >= 0.3 is 0 Å². The first-order valence-electron chi connectivity index (χ1n) is 5.22. The fourth-order valence-electron chi connectivity index (χ4n) is 1.98. The molecule has 1 aliphatic heterocycles. The summed E-state index contributed by atoms with van der Waals surface area (Å²) in [5.74, 6) is 1.57. The van der Waals surface area contributed by atoms with Gasteiger partial charge in [-0.2, -0.15) is 0 Å². The third kappa shape index (κ3) is 1.64. The number of aliphatic hydroxyl groups excluding tert-OH is 1. The highest BCUT2D eigenvalue weighted by atomic mass is 35.5. The molecule has 0 fully saturated rings. The number of furan rings is 1. The zero-order chi connectivity index (χ0) is 11.1. The second-order valence-electron chi connectivity index (χ2n) is 3.99. The number of aryl methyl sites for hydroxylation is 1. The molecule has 0 amide bonds. The zero-order valence-electron chi connectivity index (χ0n) is 8.56. The normalized spacial score (nSPS) is 19.8. The lowest BCUT2D eigenvalue weighted by Crippen LogP contribution is -2.22. The number of imidazole rings is 1. The summed E-state index contributed by atoms with van der Waals surface area (Å²) in [6.45, 7) is 0.804. The number of hydrogen-bond acceptors (Lipinski definition) is 3. The van der Waals surface area contributed by atoms with Crippen molar-refractivity contribution < 1.29 is 9.52 Å². The minimum absolute atomic E-state index is 0.275. The number of halogens is 1. The molecule has 2 aromatic rings. The summed E-state index contributed by atoms with van der Waals surface area (Å²) in [5, 5.41) is 9.90. The van der Waals surface area contributed by atoms with E-state index in [0.717, 1.165) is 24.5 Å². The van der Waals surface area contributed by atoms with Crippen LogP contribution in [-0.4, -0.2) is 20.8 Å². The molecule has 1 unspecified atom stereocenters. The summed E-state index contributed by atoms with van der Waals surface area (Å²) in [5.41, 5.74) is 0.774. The smallest absolute Gasteiger partial charge is 0.194 e. The van der Waals surface area contributed by atoms with Crippen molar-refractivity contribution in [3.8, 4) is 11.5 Å². The summed E-state index contributed by atoms with van der Waals surface area (Å²) in [6, 6.07) is 3.50. The Morgan fingerprint density at radius 3 is 3.12 bits per heavy atom. The molecule has 0 bridgehead atoms. The summed E-state index contributed by atoms with van der Waals surface area (Å²) < 4.78 is 7.36. The van der Waals surface area contributed by atoms with Crippen LogP contribution in [0.15, 0.2) is 22.7 Å². The lowest BCUT2D eigenvalue weighted by Gasteiger charge is -2.18. The van der Waals surface area contributed by atoms with E-state index in [0.29, 0.717) is 17.4 Å². The fraction of sp³-hybridized carbons (Fsp3) is 0.364. The van der Waals surface area contributed by atoms with E-state index in [1.165, 1.54) is 0 Å². The predicted octanol–water partition coefficient (Wildman–Crippen LogP) is 2.10. The summed E-state index contributed by atoms with van der Waals surface area (Å²) in [4.78, 5) is 4.44. The van der Waals surface area contributed by atoms with Crippen LogP contribution < -0.4 is 0 Å². The first-order valence-corrected chi connectivity index (χ1v) is 5.60. The second-order valence-corrected chi connectivity index (χ2v) is 4.36. The van der Waals surface area contributed by atoms with Gasteiger partial charge in [-0.3, -0.25) is 0 Å². The maximum Gasteiger partial charge on any atom is 0.194 e. The average Bonchev–Trinajstić information content (AvgIpc) is 2.83. The van der Waals surface area contributed by atoms with Crippen molar-refractivity contribution in [1.29, 1.82) is 0 Å². The number of fused-ring (bicyclic) bond motifs is 1. The Hall–Kier alpha value is -1.26. The largest absolute Gasteiger partial charge is 0.443 e. The second kappa shape index (κ2) is 3.64. The molecule has 0 aliphatic carbocycles. The van der Waals surface area contributed by atoms with Crippen molar-refractivity contribution in [2.45, 2.75) is 25.5 Å². The van der Waals surface area contributed by atoms with Gasteiger partial charge in [-0.1, -0.05) is 0 Å². The van der Waals surface area contributed by atoms with Gasteiger partial charge in [0.25, 0.3) is 0 Å². The highest BCUT2D eigenvalue weighted by Crippen LogP contribution is 2.26. The summed E-state index contributed by atoms with van der Waals surface area (Å²) >= 11 is 5.72. The Bertz CT molecular complexity index is 518. The van der Waals surface area contributed by atoms with Crippen LogP contribution in [0.4, 0.5) is 0 Å². The standard InChI is InChI=1S/C11H11ClN2O2/c12-10-2-1-9(16-10)8-6-14-4-3-7(15)5-11(14)13-8/h1-2,6-7,15H,3-5H2. The summed E-state index contributed by atoms with van der Waals surface area (Å²) in [6.07, 6.45) is 3.05. The van der Waals surface area contributed by atoms with E-state index in [2.05, 4.69) is 9.55 Å². The molecule has 2 aromatic heterocycles. The van der Waals surface area contributed by atoms with Crippen molar-refractivity contribution >= 4 is 11.6 Å². The van der Waals surface area contributed by atoms with Crippen LogP contribution in [0, 0.1) is 0 Å². The third-order valence-electron chi connectivity index (χ3n) is 2.81. The number of hydrogen-bond donors (Lipinski definition) is 1. The van der Waals surface area contributed by atoms with Crippen LogP contribution in [-0.2, 0) is 13.0 Å². The molecule has 3 heterocycles. The Balaban J connectivity index is 1.98. The molecule has 1 atom stereocenters. The first-order chi connectivity index (χ1) is 7.72. The molecule has 4 nitrogen and oxygen atoms in total. The molecule has 84 valence electrons. The molecular weight excluding hydrogens is 228 g/mol. The maximum absolute atomic E-state index is 9.54. The van der Waals surface area contributed by atoms with E-state index >= 15 is 0 Å². The highest BCUT2D eigenvalue weighted by Gasteiger charge is 2.20. The minimum Gasteiger partial charge on any atom is -0.443 e. The molecule has 0 spiro atoms. The Labute approximate surface area is 97.5 Å². The van der Waals surface area contributed by atoms with Gasteiger partial charge in [0.1, 0.15) is 11.5 Å². The molecular formula is C11H11ClN2O2. The molecule has 3 rings (SSSR count). The van der Waals surface area contributed by atoms with Crippen LogP contribution in [0.5, 0.6) is 0 Å². The van der Waals surface area contributed by atoms with Crippen molar-refractivity contribution in [2.24, 2.45) is 0 Å². The van der Waals surface area contributed by atoms with Crippen LogP contribution in [0.3, 0.4) is 0 Å². The number of nitrogens with zero attached hydrogens (tertiary/aromatic N) is 2. The lowest BCUT2D eigenvalue weighted by molar-refractivity contribution is 0.141. The molecule has 0 radical (unpaired) electrons. The molecule has 0 saturated carbocycles. The van der Waals surface area contributed by atoms with E-state index in [1.807, 2.05) is 6.20 Å². The van der Waals surface area contributed by atoms with Gasteiger partial charge < -0.3 is 14.1 Å². The quantitative estimate of drug-likeness (QED) is 0.828. The van der Waals surface area contributed by atoms with E-state index < -0.39 is 0 Å². The van der Waals surface area contributed by atoms with E-state index in [-0.39, 0.29) is 6.10 Å². The van der Waals surface area contributed by atoms with Crippen LogP contribution in [0.1, 0.15) is 12.2 Å². The Morgan fingerprint density at radius 1 is 1.50 bits per heavy atom. The lowest BCUT2D eigenvalue weighted by atomic mass is 10.1. The van der Waals surface area contributed by atoms with Gasteiger partial charge in [0.05, 0.1) is 6.10 Å². The van der Waals surface area contributed by atoms with Gasteiger partial charge in [-0.05, 0) is 30.2 Å². The maximum atomic E-state index is 9.54. The fourth-order valence-corrected chi connectivity index (χ4v) is 2.13. The van der Waals surface area contributed by atoms with Gasteiger partial charge in [0.15, 0.2) is 11.0 Å². The number of aliphatic hydroxyl groups is 1. The zero-order valence-corrected chi connectivity index (χ0v) is 9.31. The molecule has 0 aromatic carbocycles. The topological polar surface area (TPSA) is 51.2 Å². The first kappa shape index (κ1) is 9.93. The SMILES string of the molecule is OC1CCn2cc(-c3ccc(Cl)o3)nc2C1. The van der Waals surface area contributed by atoms with E-state index in [4.69, 9.17) is 16.0 Å². The van der Waals surface area contributed by atoms with Gasteiger partial charge in [-0.25, -0.2) is 4.98 Å². The Kier molecular flexibility index (Phi) is 2.26. The Morgan fingerprint density at radius 2 is 2.38 bits per heavy atom. The van der Waals surface area contributed by atoms with E-state index in [1.54, 1.807) is 12.1 Å². The van der Waals surface area contributed by atoms with Crippen molar-refractivity contribution in [3.63, 3.8) is 0 Å². The van der Waals surface area contributed by atoms with Gasteiger partial charge in [0, 0.05) is 19.2 Å². The average molecular weight is 239 g/mol. The van der Waals surface area contributed by atoms with Crippen LogP contribution in [0.2, 0.25) is 5.22 Å². The van der Waals surface area contributed by atoms with Crippen molar-refractivity contribution in [1.82, 2.24) is 9.55 Å². The highest BCUT2D eigenvalue weighted by molar-refractivity contribution is 6.28. The van der Waals surface area contributed by atoms with Crippen LogP contribution in [0.25, 0.3) is 11.5 Å². The molecule has 5 heteroatoms. The van der Waals surface area contributed by atoms with Crippen molar-refractivity contribution in [2.75, 3.05) is 0 Å². The van der Waals surface area contributed by atoms with Gasteiger partial charge in [0.2, 0.25) is 0 Å². The molecule has 0 saturated heterocycles. The van der Waals surface area contributed by atoms with Gasteiger partial charge in [-0.15, -0.1) is 0 Å². The monoisotopic (exact) mass is 238 g/mol. The third-order valence-corrected chi connectivity index (χ3v) is 3.01. The van der Waals surface area contributed by atoms with Crippen molar-refractivity contribution in [3.05, 3.63) is 29.4 Å². The predicted molar refractivity (Wildman–Crippen MR) is 59.3 cm³/mol. The number of rotatable bonds is 1. The molecule has 16 heavy (non-hydrogen) atoms. The molecule has 1 aliphatic rings.